The lowest BCUT2D eigenvalue weighted by Crippen LogP contribution is -2.30. The number of aromatic nitrogens is 3. The zero-order valence-electron chi connectivity index (χ0n) is 16.9. The fourth-order valence-corrected chi connectivity index (χ4v) is 4.86. The zero-order valence-corrected chi connectivity index (χ0v) is 17.7. The molecular formula is C24H23N5S. The highest BCUT2D eigenvalue weighted by Crippen LogP contribution is 2.29. The fraction of sp³-hybridized carbons (Fsp3) is 0.208. The van der Waals surface area contributed by atoms with Gasteiger partial charge in [0.25, 0.3) is 0 Å². The Morgan fingerprint density at radius 1 is 1.03 bits per heavy atom. The van der Waals surface area contributed by atoms with Crippen molar-refractivity contribution in [2.45, 2.75) is 26.4 Å². The lowest BCUT2D eigenvalue weighted by Gasteiger charge is -2.27. The van der Waals surface area contributed by atoms with Gasteiger partial charge in [-0.1, -0.05) is 24.3 Å². The molecular weight excluding hydrogens is 390 g/mol. The molecule has 5 nitrogen and oxygen atoms in total. The average molecular weight is 414 g/mol. The van der Waals surface area contributed by atoms with Gasteiger partial charge in [0, 0.05) is 65.7 Å². The molecule has 1 aliphatic rings. The summed E-state index contributed by atoms with van der Waals surface area (Å²) in [6.45, 7) is 4.90. The highest BCUT2D eigenvalue weighted by molar-refractivity contribution is 7.15. The number of aryl methyl sites for hydroxylation is 1. The smallest absolute Gasteiger partial charge is 0.159 e. The SMILES string of the molecule is Cc1ccccc1-c1ncc(CN2CCc3nc(-c4ccc(N)cc4)ncc3C2)s1. The predicted octanol–water partition coefficient (Wildman–Crippen LogP) is 4.72. The molecule has 1 aliphatic heterocycles. The van der Waals surface area contributed by atoms with Crippen LogP contribution >= 0.6 is 11.3 Å². The average Bonchev–Trinajstić information content (AvgIpc) is 3.22. The van der Waals surface area contributed by atoms with Crippen molar-refractivity contribution >= 4 is 17.0 Å². The van der Waals surface area contributed by atoms with Crippen LogP contribution in [-0.2, 0) is 19.5 Å². The van der Waals surface area contributed by atoms with Crippen molar-refractivity contribution in [2.24, 2.45) is 0 Å². The Bertz CT molecular complexity index is 1180. The molecule has 150 valence electrons. The minimum Gasteiger partial charge on any atom is -0.399 e. The standard InChI is InChI=1S/C24H23N5S/c1-16-4-2-3-5-21(16)24-27-13-20(30-24)15-29-11-10-22-18(14-29)12-26-23(28-22)17-6-8-19(25)9-7-17/h2-9,12-13H,10-11,14-15,25H2,1H3. The number of nitrogens with zero attached hydrogens (tertiary/aromatic N) is 4. The highest BCUT2D eigenvalue weighted by atomic mass is 32.1. The van der Waals surface area contributed by atoms with Gasteiger partial charge in [-0.25, -0.2) is 15.0 Å². The molecule has 0 bridgehead atoms. The fourth-order valence-electron chi connectivity index (χ4n) is 3.82. The van der Waals surface area contributed by atoms with E-state index in [9.17, 15) is 0 Å². The highest BCUT2D eigenvalue weighted by Gasteiger charge is 2.20. The van der Waals surface area contributed by atoms with Crippen molar-refractivity contribution in [2.75, 3.05) is 12.3 Å². The van der Waals surface area contributed by atoms with Crippen LogP contribution in [0.15, 0.2) is 60.9 Å². The lowest BCUT2D eigenvalue weighted by molar-refractivity contribution is 0.245. The molecule has 0 aliphatic carbocycles. The van der Waals surface area contributed by atoms with Crippen molar-refractivity contribution in [3.05, 3.63) is 82.6 Å². The van der Waals surface area contributed by atoms with Crippen LogP contribution in [0.1, 0.15) is 21.7 Å². The van der Waals surface area contributed by atoms with Crippen LogP contribution in [0.3, 0.4) is 0 Å². The van der Waals surface area contributed by atoms with E-state index in [4.69, 9.17) is 10.7 Å². The number of hydrogen-bond acceptors (Lipinski definition) is 6. The summed E-state index contributed by atoms with van der Waals surface area (Å²) in [6.07, 6.45) is 4.93. The largest absolute Gasteiger partial charge is 0.399 e. The second kappa shape index (κ2) is 7.97. The monoisotopic (exact) mass is 413 g/mol. The van der Waals surface area contributed by atoms with Crippen LogP contribution in [0, 0.1) is 6.92 Å². The number of anilines is 1. The summed E-state index contributed by atoms with van der Waals surface area (Å²) in [4.78, 5) is 17.8. The number of benzene rings is 2. The number of rotatable bonds is 4. The van der Waals surface area contributed by atoms with Crippen molar-refractivity contribution in [1.82, 2.24) is 19.9 Å². The molecule has 6 heteroatoms. The second-order valence-electron chi connectivity index (χ2n) is 7.69. The van der Waals surface area contributed by atoms with E-state index >= 15 is 0 Å². The summed E-state index contributed by atoms with van der Waals surface area (Å²) >= 11 is 1.78. The Kier molecular flexibility index (Phi) is 5.02. The molecule has 0 amide bonds. The summed E-state index contributed by atoms with van der Waals surface area (Å²) in [7, 11) is 0. The Labute approximate surface area is 180 Å². The number of nitrogens with two attached hydrogens (primary N) is 1. The lowest BCUT2D eigenvalue weighted by atomic mass is 10.1. The Morgan fingerprint density at radius 3 is 2.70 bits per heavy atom. The van der Waals surface area contributed by atoms with Crippen molar-refractivity contribution in [3.8, 4) is 22.0 Å². The second-order valence-corrected chi connectivity index (χ2v) is 8.81. The first kappa shape index (κ1) is 18.9. The quantitative estimate of drug-likeness (QED) is 0.491. The van der Waals surface area contributed by atoms with Gasteiger partial charge in [0.05, 0.1) is 5.69 Å². The van der Waals surface area contributed by atoms with Gasteiger partial charge in [0.1, 0.15) is 5.01 Å². The normalized spacial score (nSPS) is 13.9. The van der Waals surface area contributed by atoms with Gasteiger partial charge in [-0.05, 0) is 36.8 Å². The summed E-state index contributed by atoms with van der Waals surface area (Å²) in [5.74, 6) is 0.771. The maximum atomic E-state index is 5.79. The Balaban J connectivity index is 1.30. The van der Waals surface area contributed by atoms with Crippen LogP contribution in [0.25, 0.3) is 22.0 Å². The third-order valence-electron chi connectivity index (χ3n) is 5.49. The molecule has 2 aromatic heterocycles. The van der Waals surface area contributed by atoms with Gasteiger partial charge < -0.3 is 5.73 Å². The minimum atomic E-state index is 0.751. The number of nitrogen functional groups attached to an aromatic ring is 1. The molecule has 4 aromatic rings. The topological polar surface area (TPSA) is 67.9 Å². The molecule has 3 heterocycles. The van der Waals surface area contributed by atoms with E-state index in [1.165, 1.54) is 21.6 Å². The predicted molar refractivity (Wildman–Crippen MR) is 122 cm³/mol. The van der Waals surface area contributed by atoms with E-state index in [0.717, 1.165) is 53.8 Å². The third-order valence-corrected chi connectivity index (χ3v) is 6.51. The molecule has 2 N–H and O–H groups in total. The molecule has 30 heavy (non-hydrogen) atoms. The molecule has 0 unspecified atom stereocenters. The molecule has 0 atom stereocenters. The Morgan fingerprint density at radius 2 is 1.87 bits per heavy atom. The number of thiazole rings is 1. The first-order chi connectivity index (χ1) is 14.7. The maximum absolute atomic E-state index is 5.79. The maximum Gasteiger partial charge on any atom is 0.159 e. The minimum absolute atomic E-state index is 0.751. The van der Waals surface area contributed by atoms with Gasteiger partial charge in [0.15, 0.2) is 5.82 Å². The van der Waals surface area contributed by atoms with E-state index in [1.54, 1.807) is 11.3 Å². The molecule has 2 aromatic carbocycles. The summed E-state index contributed by atoms with van der Waals surface area (Å²) in [5.41, 5.74) is 12.4. The van der Waals surface area contributed by atoms with Crippen LogP contribution in [0.5, 0.6) is 0 Å². The molecule has 5 rings (SSSR count). The molecule has 0 radical (unpaired) electrons. The van der Waals surface area contributed by atoms with E-state index in [-0.39, 0.29) is 0 Å². The Hall–Kier alpha value is -3.09. The van der Waals surface area contributed by atoms with Gasteiger partial charge in [-0.2, -0.15) is 0 Å². The van der Waals surface area contributed by atoms with Gasteiger partial charge in [-0.15, -0.1) is 11.3 Å². The van der Waals surface area contributed by atoms with Crippen LogP contribution in [0.4, 0.5) is 5.69 Å². The zero-order chi connectivity index (χ0) is 20.5. The van der Waals surface area contributed by atoms with E-state index in [0.29, 0.717) is 0 Å². The van der Waals surface area contributed by atoms with E-state index < -0.39 is 0 Å². The molecule has 0 saturated heterocycles. The first-order valence-electron chi connectivity index (χ1n) is 10.1. The van der Waals surface area contributed by atoms with Crippen molar-refractivity contribution in [3.63, 3.8) is 0 Å². The molecule has 0 fully saturated rings. The number of hydrogen-bond donors (Lipinski definition) is 1. The van der Waals surface area contributed by atoms with Crippen molar-refractivity contribution < 1.29 is 0 Å². The third kappa shape index (κ3) is 3.84. The van der Waals surface area contributed by atoms with Gasteiger partial charge >= 0.3 is 0 Å². The summed E-state index contributed by atoms with van der Waals surface area (Å²) in [6, 6.07) is 16.1. The van der Waals surface area contributed by atoms with Crippen LogP contribution in [0.2, 0.25) is 0 Å². The first-order valence-corrected chi connectivity index (χ1v) is 10.9. The van der Waals surface area contributed by atoms with Gasteiger partial charge in [-0.3, -0.25) is 4.90 Å². The van der Waals surface area contributed by atoms with Crippen molar-refractivity contribution in [1.29, 1.82) is 0 Å². The summed E-state index contributed by atoms with van der Waals surface area (Å²) < 4.78 is 0. The van der Waals surface area contributed by atoms with Crippen LogP contribution in [-0.4, -0.2) is 26.4 Å². The molecule has 0 spiro atoms. The number of fused-ring (bicyclic) bond motifs is 1. The van der Waals surface area contributed by atoms with Gasteiger partial charge in [0.2, 0.25) is 0 Å². The van der Waals surface area contributed by atoms with E-state index in [1.807, 2.05) is 36.7 Å². The van der Waals surface area contributed by atoms with Crippen LogP contribution < -0.4 is 5.73 Å². The molecule has 0 saturated carbocycles. The van der Waals surface area contributed by atoms with E-state index in [2.05, 4.69) is 46.1 Å². The summed E-state index contributed by atoms with van der Waals surface area (Å²) in [5, 5.41) is 1.09.